The van der Waals surface area contributed by atoms with E-state index in [0.717, 1.165) is 30.2 Å². The fraction of sp³-hybridized carbons (Fsp3) is 0.0435. The van der Waals surface area contributed by atoms with E-state index in [9.17, 15) is 4.79 Å². The average molecular weight is 623 g/mol. The number of amidine groups is 1. The van der Waals surface area contributed by atoms with Gasteiger partial charge in [-0.1, -0.05) is 62.2 Å². The number of rotatable bonds is 5. The highest BCUT2D eigenvalue weighted by Crippen LogP contribution is 2.37. The Morgan fingerprint density at radius 2 is 1.71 bits per heavy atom. The van der Waals surface area contributed by atoms with Crippen molar-refractivity contribution < 1.29 is 9.53 Å². The lowest BCUT2D eigenvalue weighted by Crippen LogP contribution is -2.19. The standard InChI is InChI=1S/C23H15Br3N2O2S/c24-16-8-6-14(7-9-16)13-30-21-15(10-17(25)12-19(21)26)11-20-22(29)28-23(31-20)27-18-4-2-1-3-5-18/h1-12H,13H2,(H,27,28,29)/b20-11-. The summed E-state index contributed by atoms with van der Waals surface area (Å²) in [5, 5.41) is 3.37. The Morgan fingerprint density at radius 3 is 2.45 bits per heavy atom. The number of carbonyl (C=O) groups excluding carboxylic acids is 1. The lowest BCUT2D eigenvalue weighted by atomic mass is 10.1. The molecule has 0 spiro atoms. The molecule has 0 atom stereocenters. The number of benzene rings is 3. The van der Waals surface area contributed by atoms with Gasteiger partial charge in [-0.15, -0.1) is 0 Å². The first kappa shape index (κ1) is 22.3. The molecule has 1 amide bonds. The quantitative estimate of drug-likeness (QED) is 0.301. The Kier molecular flexibility index (Phi) is 7.32. The predicted molar refractivity (Wildman–Crippen MR) is 138 cm³/mol. The van der Waals surface area contributed by atoms with Crippen LogP contribution in [0.1, 0.15) is 11.1 Å². The van der Waals surface area contributed by atoms with Crippen LogP contribution in [0.2, 0.25) is 0 Å². The molecule has 0 saturated carbocycles. The number of aliphatic imine (C=N–C) groups is 1. The third-order valence-electron chi connectivity index (χ3n) is 4.26. The molecule has 4 rings (SSSR count). The SMILES string of the molecule is O=C1NC(=Nc2ccccc2)S/C1=C\c1cc(Br)cc(Br)c1OCc1ccc(Br)cc1. The zero-order valence-corrected chi connectivity index (χ0v) is 21.5. The van der Waals surface area contributed by atoms with Gasteiger partial charge >= 0.3 is 0 Å². The van der Waals surface area contributed by atoms with Crippen molar-refractivity contribution in [3.05, 3.63) is 96.2 Å². The summed E-state index contributed by atoms with van der Waals surface area (Å²) in [5.41, 5.74) is 2.62. The second kappa shape index (κ2) is 10.2. The summed E-state index contributed by atoms with van der Waals surface area (Å²) in [7, 11) is 0. The van der Waals surface area contributed by atoms with Crippen LogP contribution < -0.4 is 10.1 Å². The largest absolute Gasteiger partial charge is 0.487 e. The van der Waals surface area contributed by atoms with Crippen LogP contribution in [0, 0.1) is 0 Å². The number of hydrogen-bond acceptors (Lipinski definition) is 4. The fourth-order valence-corrected chi connectivity index (χ4v) is 5.29. The summed E-state index contributed by atoms with van der Waals surface area (Å²) >= 11 is 11.8. The van der Waals surface area contributed by atoms with Gasteiger partial charge in [0.1, 0.15) is 12.4 Å². The van der Waals surface area contributed by atoms with Crippen molar-refractivity contribution in [3.8, 4) is 5.75 Å². The maximum absolute atomic E-state index is 12.5. The minimum absolute atomic E-state index is 0.186. The third-order valence-corrected chi connectivity index (χ3v) is 6.74. The van der Waals surface area contributed by atoms with E-state index < -0.39 is 0 Å². The highest BCUT2D eigenvalue weighted by Gasteiger charge is 2.24. The zero-order chi connectivity index (χ0) is 21.8. The van der Waals surface area contributed by atoms with Crippen molar-refractivity contribution in [2.75, 3.05) is 0 Å². The first-order valence-electron chi connectivity index (χ1n) is 9.19. The third kappa shape index (κ3) is 5.88. The van der Waals surface area contributed by atoms with Crippen LogP contribution in [0.25, 0.3) is 6.08 Å². The van der Waals surface area contributed by atoms with Gasteiger partial charge in [-0.25, -0.2) is 4.99 Å². The van der Waals surface area contributed by atoms with Gasteiger partial charge in [-0.05, 0) is 75.7 Å². The molecule has 3 aromatic carbocycles. The van der Waals surface area contributed by atoms with Gasteiger partial charge in [0, 0.05) is 14.5 Å². The smallest absolute Gasteiger partial charge is 0.264 e. The summed E-state index contributed by atoms with van der Waals surface area (Å²) in [4.78, 5) is 17.6. The van der Waals surface area contributed by atoms with Gasteiger partial charge in [0.2, 0.25) is 0 Å². The van der Waals surface area contributed by atoms with E-state index in [1.807, 2.05) is 72.8 Å². The maximum Gasteiger partial charge on any atom is 0.264 e. The van der Waals surface area contributed by atoms with Crippen LogP contribution >= 0.6 is 59.6 Å². The van der Waals surface area contributed by atoms with Gasteiger partial charge < -0.3 is 10.1 Å². The van der Waals surface area contributed by atoms with Crippen LogP contribution in [-0.4, -0.2) is 11.1 Å². The molecule has 1 saturated heterocycles. The molecule has 8 heteroatoms. The second-order valence-corrected chi connectivity index (χ2v) is 10.3. The molecule has 4 nitrogen and oxygen atoms in total. The van der Waals surface area contributed by atoms with Crippen LogP contribution in [0.15, 0.2) is 90.0 Å². The molecule has 3 aromatic rings. The summed E-state index contributed by atoms with van der Waals surface area (Å²) in [5.74, 6) is 0.482. The van der Waals surface area contributed by atoms with Gasteiger partial charge in [-0.2, -0.15) is 0 Å². The van der Waals surface area contributed by atoms with E-state index in [2.05, 4.69) is 58.1 Å². The minimum atomic E-state index is -0.186. The number of thioether (sulfide) groups is 1. The van der Waals surface area contributed by atoms with Crippen LogP contribution in [0.4, 0.5) is 5.69 Å². The summed E-state index contributed by atoms with van der Waals surface area (Å²) in [6.45, 7) is 0.406. The number of nitrogens with one attached hydrogen (secondary N) is 1. The number of carbonyl (C=O) groups is 1. The summed E-state index contributed by atoms with van der Waals surface area (Å²) < 4.78 is 8.81. The van der Waals surface area contributed by atoms with Gasteiger partial charge in [-0.3, -0.25) is 4.79 Å². The number of ether oxygens (including phenoxy) is 1. The Morgan fingerprint density at radius 1 is 0.968 bits per heavy atom. The predicted octanol–water partition coefficient (Wildman–Crippen LogP) is 7.44. The number of para-hydroxylation sites is 1. The summed E-state index contributed by atoms with van der Waals surface area (Å²) in [6.07, 6.45) is 1.82. The molecule has 1 heterocycles. The molecule has 1 N–H and O–H groups in total. The van der Waals surface area contributed by atoms with E-state index in [-0.39, 0.29) is 5.91 Å². The monoisotopic (exact) mass is 620 g/mol. The van der Waals surface area contributed by atoms with Crippen LogP contribution in [-0.2, 0) is 11.4 Å². The van der Waals surface area contributed by atoms with Crippen molar-refractivity contribution in [3.63, 3.8) is 0 Å². The van der Waals surface area contributed by atoms with E-state index in [1.165, 1.54) is 11.8 Å². The normalized spacial score (nSPS) is 16.0. The molecule has 0 bridgehead atoms. The molecule has 0 radical (unpaired) electrons. The molecule has 0 aromatic heterocycles. The molecule has 31 heavy (non-hydrogen) atoms. The fourth-order valence-electron chi connectivity index (χ4n) is 2.82. The number of amides is 1. The van der Waals surface area contributed by atoms with Crippen molar-refractivity contribution in [1.82, 2.24) is 5.32 Å². The Hall–Kier alpha value is -1.87. The summed E-state index contributed by atoms with van der Waals surface area (Å²) in [6, 6.07) is 21.3. The van der Waals surface area contributed by atoms with Crippen molar-refractivity contribution >= 4 is 82.4 Å². The number of nitrogens with zero attached hydrogens (tertiary/aromatic N) is 1. The van der Waals surface area contributed by atoms with E-state index in [0.29, 0.717) is 22.4 Å². The molecular formula is C23H15Br3N2O2S. The maximum atomic E-state index is 12.5. The molecule has 1 aliphatic heterocycles. The van der Waals surface area contributed by atoms with Gasteiger partial charge in [0.25, 0.3) is 5.91 Å². The Bertz CT molecular complexity index is 1180. The molecule has 0 aliphatic carbocycles. The van der Waals surface area contributed by atoms with Gasteiger partial charge in [0.15, 0.2) is 5.17 Å². The highest BCUT2D eigenvalue weighted by atomic mass is 79.9. The van der Waals surface area contributed by atoms with E-state index in [4.69, 9.17) is 4.74 Å². The van der Waals surface area contributed by atoms with Crippen LogP contribution in [0.3, 0.4) is 0 Å². The Labute approximate surface area is 209 Å². The molecule has 156 valence electrons. The number of hydrogen-bond donors (Lipinski definition) is 1. The molecule has 1 aliphatic rings. The van der Waals surface area contributed by atoms with E-state index in [1.54, 1.807) is 0 Å². The number of halogens is 3. The molecular weight excluding hydrogens is 608 g/mol. The van der Waals surface area contributed by atoms with E-state index >= 15 is 0 Å². The zero-order valence-electron chi connectivity index (χ0n) is 15.9. The molecule has 1 fully saturated rings. The topological polar surface area (TPSA) is 50.7 Å². The van der Waals surface area contributed by atoms with Crippen LogP contribution in [0.5, 0.6) is 5.75 Å². The lowest BCUT2D eigenvalue weighted by molar-refractivity contribution is -0.115. The average Bonchev–Trinajstić information content (AvgIpc) is 3.08. The van der Waals surface area contributed by atoms with Crippen molar-refractivity contribution in [2.45, 2.75) is 6.61 Å². The van der Waals surface area contributed by atoms with Crippen molar-refractivity contribution in [1.29, 1.82) is 0 Å². The first-order valence-corrected chi connectivity index (χ1v) is 12.4. The highest BCUT2D eigenvalue weighted by molar-refractivity contribution is 9.11. The van der Waals surface area contributed by atoms with Gasteiger partial charge in [0.05, 0.1) is 15.1 Å². The lowest BCUT2D eigenvalue weighted by Gasteiger charge is -2.13. The second-order valence-electron chi connectivity index (χ2n) is 6.54. The van der Waals surface area contributed by atoms with Crippen molar-refractivity contribution in [2.24, 2.45) is 4.99 Å². The molecule has 0 unspecified atom stereocenters. The Balaban J connectivity index is 1.60. The first-order chi connectivity index (χ1) is 15.0. The minimum Gasteiger partial charge on any atom is -0.487 e.